The van der Waals surface area contributed by atoms with Crippen LogP contribution in [0.25, 0.3) is 6.08 Å². The van der Waals surface area contributed by atoms with Gasteiger partial charge in [0.05, 0.1) is 0 Å². The van der Waals surface area contributed by atoms with Gasteiger partial charge in [0.1, 0.15) is 12.4 Å². The molecule has 2 aromatic rings. The standard InChI is InChI=1S/C20H23NO2/c1-3-21(4-2)20(22)14-13-17-11-8-12-19(15-17)23-16-18-9-6-5-7-10-18/h5-15H,3-4,16H2,1-2H3/b14-13-. The van der Waals surface area contributed by atoms with Crippen LogP contribution in [0.5, 0.6) is 5.75 Å². The first-order valence-corrected chi connectivity index (χ1v) is 7.96. The predicted molar refractivity (Wildman–Crippen MR) is 94.2 cm³/mol. The van der Waals surface area contributed by atoms with Gasteiger partial charge in [0, 0.05) is 19.2 Å². The van der Waals surface area contributed by atoms with Crippen molar-refractivity contribution in [1.82, 2.24) is 4.90 Å². The number of hydrogen-bond donors (Lipinski definition) is 0. The first kappa shape index (κ1) is 16.8. The molecule has 3 nitrogen and oxygen atoms in total. The molecule has 0 fully saturated rings. The summed E-state index contributed by atoms with van der Waals surface area (Å²) >= 11 is 0. The molecule has 0 atom stereocenters. The lowest BCUT2D eigenvalue weighted by Gasteiger charge is -2.15. The molecule has 0 aliphatic heterocycles. The third kappa shape index (κ3) is 5.29. The van der Waals surface area contributed by atoms with E-state index in [1.165, 1.54) is 0 Å². The Labute approximate surface area is 138 Å². The van der Waals surface area contributed by atoms with Crippen LogP contribution in [0.15, 0.2) is 60.7 Å². The molecule has 0 saturated heterocycles. The summed E-state index contributed by atoms with van der Waals surface area (Å²) in [6, 6.07) is 17.8. The normalized spacial score (nSPS) is 10.7. The molecule has 0 N–H and O–H groups in total. The Balaban J connectivity index is 1.98. The van der Waals surface area contributed by atoms with Crippen LogP contribution < -0.4 is 4.74 Å². The molecular weight excluding hydrogens is 286 g/mol. The van der Waals surface area contributed by atoms with Crippen molar-refractivity contribution in [3.63, 3.8) is 0 Å². The number of carbonyl (C=O) groups excluding carboxylic acids is 1. The monoisotopic (exact) mass is 309 g/mol. The maximum atomic E-state index is 12.0. The molecule has 0 aliphatic carbocycles. The van der Waals surface area contributed by atoms with Crippen molar-refractivity contribution in [2.24, 2.45) is 0 Å². The highest BCUT2D eigenvalue weighted by Crippen LogP contribution is 2.16. The van der Waals surface area contributed by atoms with Crippen molar-refractivity contribution >= 4 is 12.0 Å². The van der Waals surface area contributed by atoms with Crippen molar-refractivity contribution in [2.45, 2.75) is 20.5 Å². The topological polar surface area (TPSA) is 29.5 Å². The van der Waals surface area contributed by atoms with Crippen LogP contribution in [0.2, 0.25) is 0 Å². The van der Waals surface area contributed by atoms with E-state index in [0.717, 1.165) is 30.0 Å². The number of benzene rings is 2. The van der Waals surface area contributed by atoms with E-state index in [2.05, 4.69) is 0 Å². The maximum absolute atomic E-state index is 12.0. The minimum atomic E-state index is 0.0330. The minimum Gasteiger partial charge on any atom is -0.489 e. The van der Waals surface area contributed by atoms with Gasteiger partial charge in [-0.15, -0.1) is 0 Å². The lowest BCUT2D eigenvalue weighted by atomic mass is 10.2. The summed E-state index contributed by atoms with van der Waals surface area (Å²) in [5.74, 6) is 0.830. The van der Waals surface area contributed by atoms with Crippen molar-refractivity contribution in [3.8, 4) is 5.75 Å². The number of amides is 1. The number of likely N-dealkylation sites (N-methyl/N-ethyl adjacent to an activating group) is 1. The summed E-state index contributed by atoms with van der Waals surface area (Å²) in [5, 5.41) is 0. The molecular formula is C20H23NO2. The van der Waals surface area contributed by atoms with Gasteiger partial charge in [0.15, 0.2) is 0 Å². The molecule has 2 rings (SSSR count). The zero-order valence-corrected chi connectivity index (χ0v) is 13.7. The summed E-state index contributed by atoms with van der Waals surface area (Å²) in [5.41, 5.74) is 2.08. The van der Waals surface area contributed by atoms with Gasteiger partial charge in [0.25, 0.3) is 0 Å². The molecule has 0 radical (unpaired) electrons. The van der Waals surface area contributed by atoms with Crippen molar-refractivity contribution < 1.29 is 9.53 Å². The van der Waals surface area contributed by atoms with Crippen molar-refractivity contribution in [1.29, 1.82) is 0 Å². The van der Waals surface area contributed by atoms with Gasteiger partial charge in [-0.05, 0) is 43.2 Å². The summed E-state index contributed by atoms with van der Waals surface area (Å²) in [7, 11) is 0. The van der Waals surface area contributed by atoms with Gasteiger partial charge >= 0.3 is 0 Å². The molecule has 1 amide bonds. The lowest BCUT2D eigenvalue weighted by molar-refractivity contribution is -0.125. The largest absolute Gasteiger partial charge is 0.489 e. The van der Waals surface area contributed by atoms with Crippen LogP contribution in [0.3, 0.4) is 0 Å². The summed E-state index contributed by atoms with van der Waals surface area (Å²) in [4.78, 5) is 13.8. The second kappa shape index (κ2) is 8.79. The Bertz CT molecular complexity index is 646. The number of nitrogens with zero attached hydrogens (tertiary/aromatic N) is 1. The maximum Gasteiger partial charge on any atom is 0.246 e. The number of hydrogen-bond acceptors (Lipinski definition) is 2. The van der Waals surface area contributed by atoms with E-state index >= 15 is 0 Å². The Kier molecular flexibility index (Phi) is 6.42. The third-order valence-electron chi connectivity index (χ3n) is 3.60. The average Bonchev–Trinajstić information content (AvgIpc) is 2.60. The van der Waals surface area contributed by atoms with E-state index in [0.29, 0.717) is 6.61 Å². The molecule has 3 heteroatoms. The summed E-state index contributed by atoms with van der Waals surface area (Å²) in [6.07, 6.45) is 3.44. The molecule has 120 valence electrons. The smallest absolute Gasteiger partial charge is 0.246 e. The highest BCUT2D eigenvalue weighted by molar-refractivity contribution is 5.91. The number of ether oxygens (including phenoxy) is 1. The molecule has 0 bridgehead atoms. The quantitative estimate of drug-likeness (QED) is 0.719. The third-order valence-corrected chi connectivity index (χ3v) is 3.60. The van der Waals surface area contributed by atoms with Crippen LogP contribution in [-0.4, -0.2) is 23.9 Å². The van der Waals surface area contributed by atoms with E-state index in [-0.39, 0.29) is 5.91 Å². The van der Waals surface area contributed by atoms with Crippen LogP contribution in [-0.2, 0) is 11.4 Å². The summed E-state index contributed by atoms with van der Waals surface area (Å²) in [6.45, 7) is 5.94. The van der Waals surface area contributed by atoms with Gasteiger partial charge in [-0.2, -0.15) is 0 Å². The summed E-state index contributed by atoms with van der Waals surface area (Å²) < 4.78 is 5.80. The molecule has 2 aromatic carbocycles. The van der Waals surface area contributed by atoms with E-state index in [1.54, 1.807) is 11.0 Å². The minimum absolute atomic E-state index is 0.0330. The van der Waals surface area contributed by atoms with Crippen LogP contribution >= 0.6 is 0 Å². The van der Waals surface area contributed by atoms with E-state index in [1.807, 2.05) is 74.5 Å². The van der Waals surface area contributed by atoms with E-state index in [4.69, 9.17) is 4.74 Å². The van der Waals surface area contributed by atoms with Crippen LogP contribution in [0.4, 0.5) is 0 Å². The Morgan fingerprint density at radius 1 is 1.04 bits per heavy atom. The van der Waals surface area contributed by atoms with Crippen molar-refractivity contribution in [3.05, 3.63) is 71.8 Å². The fourth-order valence-corrected chi connectivity index (χ4v) is 2.26. The number of carbonyl (C=O) groups is 1. The second-order valence-corrected chi connectivity index (χ2v) is 5.19. The van der Waals surface area contributed by atoms with Crippen LogP contribution in [0.1, 0.15) is 25.0 Å². The first-order chi connectivity index (χ1) is 11.2. The highest BCUT2D eigenvalue weighted by Gasteiger charge is 2.04. The Hall–Kier alpha value is -2.55. The van der Waals surface area contributed by atoms with Crippen LogP contribution in [0, 0.1) is 0 Å². The SMILES string of the molecule is CCN(CC)C(=O)/C=C\c1cccc(OCc2ccccc2)c1. The number of rotatable bonds is 7. The van der Waals surface area contributed by atoms with Gasteiger partial charge in [-0.25, -0.2) is 0 Å². The predicted octanol–water partition coefficient (Wildman–Crippen LogP) is 4.15. The first-order valence-electron chi connectivity index (χ1n) is 7.96. The van der Waals surface area contributed by atoms with E-state index < -0.39 is 0 Å². The molecule has 0 unspecified atom stereocenters. The zero-order valence-electron chi connectivity index (χ0n) is 13.7. The van der Waals surface area contributed by atoms with Gasteiger partial charge in [-0.3, -0.25) is 4.79 Å². The fraction of sp³-hybridized carbons (Fsp3) is 0.250. The molecule has 0 spiro atoms. The zero-order chi connectivity index (χ0) is 16.5. The molecule has 0 heterocycles. The molecule has 0 aromatic heterocycles. The Morgan fingerprint density at radius 3 is 2.48 bits per heavy atom. The highest BCUT2D eigenvalue weighted by atomic mass is 16.5. The van der Waals surface area contributed by atoms with Gasteiger partial charge in [0.2, 0.25) is 5.91 Å². The average molecular weight is 309 g/mol. The van der Waals surface area contributed by atoms with Gasteiger partial charge in [-0.1, -0.05) is 42.5 Å². The van der Waals surface area contributed by atoms with Gasteiger partial charge < -0.3 is 9.64 Å². The molecule has 0 saturated carbocycles. The second-order valence-electron chi connectivity index (χ2n) is 5.19. The molecule has 23 heavy (non-hydrogen) atoms. The van der Waals surface area contributed by atoms with Crippen molar-refractivity contribution in [2.75, 3.05) is 13.1 Å². The molecule has 0 aliphatic rings. The Morgan fingerprint density at radius 2 is 1.78 bits per heavy atom. The fourth-order valence-electron chi connectivity index (χ4n) is 2.26. The lowest BCUT2D eigenvalue weighted by Crippen LogP contribution is -2.28. The van der Waals surface area contributed by atoms with E-state index in [9.17, 15) is 4.79 Å².